The van der Waals surface area contributed by atoms with Crippen molar-refractivity contribution in [3.05, 3.63) is 53.1 Å². The summed E-state index contributed by atoms with van der Waals surface area (Å²) in [5.41, 5.74) is 10.4. The molecule has 9 heteroatoms. The highest BCUT2D eigenvalue weighted by Gasteiger charge is 2.35. The van der Waals surface area contributed by atoms with Crippen LogP contribution < -0.4 is 11.5 Å². The molecule has 0 radical (unpaired) electrons. The first-order valence-corrected chi connectivity index (χ1v) is 7.09. The number of hydrogen-bond donors (Lipinski definition) is 2. The van der Waals surface area contributed by atoms with Crippen LogP contribution in [0.2, 0.25) is 5.02 Å². The van der Waals surface area contributed by atoms with E-state index in [-0.39, 0.29) is 28.2 Å². The molecule has 0 amide bonds. The Morgan fingerprint density at radius 2 is 1.71 bits per heavy atom. The van der Waals surface area contributed by atoms with Crippen LogP contribution in [-0.2, 0) is 6.18 Å². The van der Waals surface area contributed by atoms with Gasteiger partial charge in [-0.3, -0.25) is 0 Å². The third-order valence-corrected chi connectivity index (χ3v) is 3.63. The maximum absolute atomic E-state index is 13.6. The van der Waals surface area contributed by atoms with E-state index in [4.69, 9.17) is 23.1 Å². The van der Waals surface area contributed by atoms with Crippen molar-refractivity contribution < 1.29 is 13.2 Å². The molecule has 1 heterocycles. The molecule has 1 aromatic heterocycles. The molecule has 0 unspecified atom stereocenters. The van der Waals surface area contributed by atoms with Gasteiger partial charge < -0.3 is 11.5 Å². The summed E-state index contributed by atoms with van der Waals surface area (Å²) in [6, 6.07) is 10.3. The minimum atomic E-state index is -4.62. The van der Waals surface area contributed by atoms with Crippen LogP contribution in [0.4, 0.5) is 25.1 Å². The van der Waals surface area contributed by atoms with E-state index >= 15 is 0 Å². The van der Waals surface area contributed by atoms with Gasteiger partial charge in [0.2, 0.25) is 11.9 Å². The fraction of sp³-hybridized carbons (Fsp3) is 0.0667. The zero-order valence-electron chi connectivity index (χ0n) is 12.0. The first kappa shape index (κ1) is 16.1. The van der Waals surface area contributed by atoms with Gasteiger partial charge in [-0.15, -0.1) is 5.10 Å². The van der Waals surface area contributed by atoms with Gasteiger partial charge >= 0.3 is 6.18 Å². The highest BCUT2D eigenvalue weighted by atomic mass is 35.5. The molecule has 0 bridgehead atoms. The zero-order valence-corrected chi connectivity index (χ0v) is 12.8. The van der Waals surface area contributed by atoms with Gasteiger partial charge in [-0.1, -0.05) is 41.9 Å². The molecular formula is C15H11ClF3N5. The maximum atomic E-state index is 13.6. The summed E-state index contributed by atoms with van der Waals surface area (Å²) in [4.78, 5) is 3.67. The van der Waals surface area contributed by atoms with Gasteiger partial charge in [-0.05, 0) is 17.7 Å². The van der Waals surface area contributed by atoms with Crippen LogP contribution >= 0.6 is 11.6 Å². The number of hydrogen-bond acceptors (Lipinski definition) is 4. The van der Waals surface area contributed by atoms with Crippen molar-refractivity contribution in [3.63, 3.8) is 0 Å². The number of nitrogens with two attached hydrogens (primary N) is 2. The first-order chi connectivity index (χ1) is 11.3. The fourth-order valence-corrected chi connectivity index (χ4v) is 2.69. The SMILES string of the molecule is Nc1nc(N)n(-c2cc(Cl)c(-c3ccccc3)c(C(F)(F)F)c2)n1. The van der Waals surface area contributed by atoms with Crippen molar-refractivity contribution in [2.24, 2.45) is 0 Å². The molecule has 24 heavy (non-hydrogen) atoms. The van der Waals surface area contributed by atoms with Gasteiger partial charge in [0.05, 0.1) is 16.3 Å². The Balaban J connectivity index is 2.28. The minimum absolute atomic E-state index is 0.0220. The van der Waals surface area contributed by atoms with Crippen LogP contribution in [0.15, 0.2) is 42.5 Å². The van der Waals surface area contributed by atoms with Crippen molar-refractivity contribution in [1.82, 2.24) is 14.8 Å². The van der Waals surface area contributed by atoms with Crippen LogP contribution in [0.5, 0.6) is 0 Å². The lowest BCUT2D eigenvalue weighted by molar-refractivity contribution is -0.137. The summed E-state index contributed by atoms with van der Waals surface area (Å²) < 4.78 is 41.7. The fourth-order valence-electron chi connectivity index (χ4n) is 2.37. The molecule has 0 spiro atoms. The van der Waals surface area contributed by atoms with Crippen LogP contribution in [-0.4, -0.2) is 14.8 Å². The Labute approximate surface area is 139 Å². The number of anilines is 2. The summed E-state index contributed by atoms with van der Waals surface area (Å²) in [7, 11) is 0. The molecule has 0 aliphatic carbocycles. The highest BCUT2D eigenvalue weighted by molar-refractivity contribution is 6.33. The van der Waals surface area contributed by atoms with Crippen molar-refractivity contribution >= 4 is 23.5 Å². The van der Waals surface area contributed by atoms with Gasteiger partial charge in [-0.25, -0.2) is 0 Å². The predicted molar refractivity (Wildman–Crippen MR) is 85.6 cm³/mol. The third-order valence-electron chi connectivity index (χ3n) is 3.34. The summed E-state index contributed by atoms with van der Waals surface area (Å²) >= 11 is 6.15. The smallest absolute Gasteiger partial charge is 0.368 e. The van der Waals surface area contributed by atoms with E-state index in [9.17, 15) is 13.2 Å². The first-order valence-electron chi connectivity index (χ1n) is 6.72. The minimum Gasteiger partial charge on any atom is -0.368 e. The lowest BCUT2D eigenvalue weighted by Crippen LogP contribution is -2.11. The number of rotatable bonds is 2. The van der Waals surface area contributed by atoms with E-state index in [1.807, 2.05) is 0 Å². The Kier molecular flexibility index (Phi) is 3.84. The molecule has 3 aromatic rings. The molecule has 4 N–H and O–H groups in total. The molecule has 0 aliphatic rings. The second-order valence-electron chi connectivity index (χ2n) is 4.95. The molecule has 124 valence electrons. The molecule has 2 aromatic carbocycles. The van der Waals surface area contributed by atoms with E-state index in [1.165, 1.54) is 6.07 Å². The average molecular weight is 354 g/mol. The predicted octanol–water partition coefficient (Wildman–Crippen LogP) is 3.77. The Bertz CT molecular complexity index is 890. The summed E-state index contributed by atoms with van der Waals surface area (Å²) in [6.45, 7) is 0. The molecule has 0 atom stereocenters. The largest absolute Gasteiger partial charge is 0.417 e. The average Bonchev–Trinajstić information content (AvgIpc) is 2.85. The Hall–Kier alpha value is -2.74. The van der Waals surface area contributed by atoms with Gasteiger partial charge in [0.15, 0.2) is 0 Å². The molecule has 0 saturated carbocycles. The maximum Gasteiger partial charge on any atom is 0.417 e. The molecule has 5 nitrogen and oxygen atoms in total. The standard InChI is InChI=1S/C15H11ClF3N5/c16-11-7-9(24-14(21)22-13(20)23-24)6-10(15(17,18)19)12(11)8-4-2-1-3-5-8/h1-7H,(H4,20,21,22,23). The van der Waals surface area contributed by atoms with Crippen LogP contribution in [0, 0.1) is 0 Å². The van der Waals surface area contributed by atoms with Crippen molar-refractivity contribution in [2.45, 2.75) is 6.18 Å². The molecule has 0 saturated heterocycles. The zero-order chi connectivity index (χ0) is 17.5. The topological polar surface area (TPSA) is 82.7 Å². The van der Waals surface area contributed by atoms with E-state index in [1.54, 1.807) is 30.3 Å². The second kappa shape index (κ2) is 5.72. The van der Waals surface area contributed by atoms with E-state index < -0.39 is 11.7 Å². The van der Waals surface area contributed by atoms with E-state index in [0.29, 0.717) is 5.56 Å². The van der Waals surface area contributed by atoms with Crippen LogP contribution in [0.25, 0.3) is 16.8 Å². The number of nitrogens with zero attached hydrogens (tertiary/aromatic N) is 3. The highest BCUT2D eigenvalue weighted by Crippen LogP contribution is 2.42. The molecule has 3 rings (SSSR count). The number of alkyl halides is 3. The van der Waals surface area contributed by atoms with Crippen molar-refractivity contribution in [1.29, 1.82) is 0 Å². The summed E-state index contributed by atoms with van der Waals surface area (Å²) in [5.74, 6) is -0.284. The quantitative estimate of drug-likeness (QED) is 0.734. The second-order valence-corrected chi connectivity index (χ2v) is 5.36. The van der Waals surface area contributed by atoms with E-state index in [2.05, 4.69) is 10.1 Å². The lowest BCUT2D eigenvalue weighted by atomic mass is 9.98. The van der Waals surface area contributed by atoms with Crippen molar-refractivity contribution in [3.8, 4) is 16.8 Å². The molecule has 0 aliphatic heterocycles. The van der Waals surface area contributed by atoms with Crippen molar-refractivity contribution in [2.75, 3.05) is 11.5 Å². The van der Waals surface area contributed by atoms with Gasteiger partial charge in [-0.2, -0.15) is 22.8 Å². The summed E-state index contributed by atoms with van der Waals surface area (Å²) in [6.07, 6.45) is -4.62. The van der Waals surface area contributed by atoms with Gasteiger partial charge in [0.25, 0.3) is 0 Å². The lowest BCUT2D eigenvalue weighted by Gasteiger charge is -2.17. The number of nitrogen functional groups attached to an aromatic ring is 2. The Morgan fingerprint density at radius 1 is 1.04 bits per heavy atom. The third kappa shape index (κ3) is 2.88. The van der Waals surface area contributed by atoms with Crippen LogP contribution in [0.1, 0.15) is 5.56 Å². The number of halogens is 4. The van der Waals surface area contributed by atoms with Gasteiger partial charge in [0.1, 0.15) is 0 Å². The van der Waals surface area contributed by atoms with Gasteiger partial charge in [0, 0.05) is 5.56 Å². The normalized spacial score (nSPS) is 11.7. The molecular weight excluding hydrogens is 343 g/mol. The van der Waals surface area contributed by atoms with Crippen LogP contribution in [0.3, 0.4) is 0 Å². The summed E-state index contributed by atoms with van der Waals surface area (Å²) in [5, 5.41) is 3.70. The number of aromatic nitrogens is 3. The monoisotopic (exact) mass is 353 g/mol. The Morgan fingerprint density at radius 3 is 2.25 bits per heavy atom. The molecule has 0 fully saturated rings. The van der Waals surface area contributed by atoms with E-state index in [0.717, 1.165) is 10.7 Å². The number of benzene rings is 2.